The van der Waals surface area contributed by atoms with E-state index in [9.17, 15) is 13.2 Å². The van der Waals surface area contributed by atoms with E-state index in [4.69, 9.17) is 5.73 Å². The highest BCUT2D eigenvalue weighted by molar-refractivity contribution is 5.73. The van der Waals surface area contributed by atoms with E-state index < -0.39 is 11.9 Å². The Bertz CT molecular complexity index is 969. The normalized spacial score (nSPS) is 17.4. The molecule has 4 rings (SSSR count). The minimum atomic E-state index is -4.56. The molecule has 0 bridgehead atoms. The summed E-state index contributed by atoms with van der Waals surface area (Å²) in [4.78, 5) is 14.3. The molecular weight excluding hydrogens is 357 g/mol. The Morgan fingerprint density at radius 3 is 2.56 bits per heavy atom. The SMILES string of the molecule is CC1(N)CCN(c2nccn3c(-c4cccnc4C(F)(F)F)ncc23)CC1. The van der Waals surface area contributed by atoms with Crippen LogP contribution in [0.3, 0.4) is 0 Å². The topological polar surface area (TPSA) is 72.3 Å². The van der Waals surface area contributed by atoms with Gasteiger partial charge in [0.05, 0.1) is 6.20 Å². The summed E-state index contributed by atoms with van der Waals surface area (Å²) in [5.74, 6) is 0.888. The lowest BCUT2D eigenvalue weighted by atomic mass is 9.91. The second-order valence-corrected chi connectivity index (χ2v) is 7.13. The summed E-state index contributed by atoms with van der Waals surface area (Å²) in [6.07, 6.45) is 2.96. The molecule has 0 saturated carbocycles. The van der Waals surface area contributed by atoms with Crippen molar-refractivity contribution in [3.05, 3.63) is 42.6 Å². The summed E-state index contributed by atoms with van der Waals surface area (Å²) in [5.41, 5.74) is 5.63. The second kappa shape index (κ2) is 6.19. The van der Waals surface area contributed by atoms with Crippen molar-refractivity contribution in [1.29, 1.82) is 0 Å². The number of aromatic nitrogens is 4. The van der Waals surface area contributed by atoms with Gasteiger partial charge in [-0.05, 0) is 31.9 Å². The van der Waals surface area contributed by atoms with Gasteiger partial charge in [-0.1, -0.05) is 0 Å². The average Bonchev–Trinajstić information content (AvgIpc) is 3.05. The van der Waals surface area contributed by atoms with Gasteiger partial charge in [0.1, 0.15) is 11.3 Å². The Balaban J connectivity index is 1.79. The summed E-state index contributed by atoms with van der Waals surface area (Å²) in [6.45, 7) is 3.50. The van der Waals surface area contributed by atoms with Crippen LogP contribution in [-0.4, -0.2) is 38.0 Å². The van der Waals surface area contributed by atoms with Crippen LogP contribution >= 0.6 is 0 Å². The lowest BCUT2D eigenvalue weighted by Gasteiger charge is -2.37. The smallest absolute Gasteiger partial charge is 0.355 e. The zero-order valence-corrected chi connectivity index (χ0v) is 14.7. The molecular formula is C18H19F3N6. The van der Waals surface area contributed by atoms with Gasteiger partial charge in [-0.15, -0.1) is 0 Å². The fraction of sp³-hybridized carbons (Fsp3) is 0.389. The number of fused-ring (bicyclic) bond motifs is 1. The van der Waals surface area contributed by atoms with Crippen LogP contribution in [0.4, 0.5) is 19.0 Å². The molecule has 0 atom stereocenters. The number of anilines is 1. The molecule has 0 aromatic carbocycles. The van der Waals surface area contributed by atoms with Gasteiger partial charge in [0, 0.05) is 42.8 Å². The molecule has 9 heteroatoms. The monoisotopic (exact) mass is 376 g/mol. The number of alkyl halides is 3. The van der Waals surface area contributed by atoms with E-state index in [2.05, 4.69) is 19.9 Å². The maximum Gasteiger partial charge on any atom is 0.434 e. The molecule has 27 heavy (non-hydrogen) atoms. The van der Waals surface area contributed by atoms with Crippen LogP contribution in [0.15, 0.2) is 36.9 Å². The quantitative estimate of drug-likeness (QED) is 0.744. The number of hydrogen-bond donors (Lipinski definition) is 1. The van der Waals surface area contributed by atoms with Gasteiger partial charge in [0.25, 0.3) is 0 Å². The Hall–Kier alpha value is -2.68. The van der Waals surface area contributed by atoms with Crippen LogP contribution in [0.1, 0.15) is 25.5 Å². The first kappa shape index (κ1) is 17.7. The molecule has 2 N–H and O–H groups in total. The van der Waals surface area contributed by atoms with Crippen LogP contribution < -0.4 is 10.6 Å². The summed E-state index contributed by atoms with van der Waals surface area (Å²) in [5, 5.41) is 0. The third kappa shape index (κ3) is 3.23. The van der Waals surface area contributed by atoms with Crippen LogP contribution in [0.2, 0.25) is 0 Å². The predicted molar refractivity (Wildman–Crippen MR) is 95.3 cm³/mol. The molecule has 0 radical (unpaired) electrons. The van der Waals surface area contributed by atoms with E-state index in [0.29, 0.717) is 11.3 Å². The molecule has 3 aromatic heterocycles. The first-order chi connectivity index (χ1) is 12.8. The summed E-state index contributed by atoms with van der Waals surface area (Å²) in [7, 11) is 0. The molecule has 0 amide bonds. The van der Waals surface area contributed by atoms with E-state index in [0.717, 1.165) is 32.1 Å². The predicted octanol–water partition coefficient (Wildman–Crippen LogP) is 3.13. The summed E-state index contributed by atoms with van der Waals surface area (Å²) in [6, 6.07) is 2.85. The molecule has 1 fully saturated rings. The van der Waals surface area contributed by atoms with Crippen molar-refractivity contribution < 1.29 is 13.2 Å². The maximum atomic E-state index is 13.4. The molecule has 0 aliphatic carbocycles. The molecule has 0 unspecified atom stereocenters. The van der Waals surface area contributed by atoms with Crippen LogP contribution in [0.25, 0.3) is 16.9 Å². The van der Waals surface area contributed by atoms with Gasteiger partial charge in [0.2, 0.25) is 0 Å². The maximum absolute atomic E-state index is 13.4. The van der Waals surface area contributed by atoms with Crippen molar-refractivity contribution in [2.24, 2.45) is 5.73 Å². The van der Waals surface area contributed by atoms with Crippen LogP contribution in [0.5, 0.6) is 0 Å². The van der Waals surface area contributed by atoms with Gasteiger partial charge >= 0.3 is 6.18 Å². The number of nitrogens with zero attached hydrogens (tertiary/aromatic N) is 5. The minimum Gasteiger partial charge on any atom is -0.355 e. The van der Waals surface area contributed by atoms with Gasteiger partial charge < -0.3 is 10.6 Å². The highest BCUT2D eigenvalue weighted by Gasteiger charge is 2.36. The van der Waals surface area contributed by atoms with E-state index in [1.165, 1.54) is 12.1 Å². The van der Waals surface area contributed by atoms with Crippen LogP contribution in [0, 0.1) is 0 Å². The number of nitrogens with two attached hydrogens (primary N) is 1. The zero-order chi connectivity index (χ0) is 19.2. The van der Waals surface area contributed by atoms with Crippen molar-refractivity contribution in [3.8, 4) is 11.4 Å². The number of rotatable bonds is 2. The third-order valence-corrected chi connectivity index (χ3v) is 4.96. The lowest BCUT2D eigenvalue weighted by molar-refractivity contribution is -0.140. The number of hydrogen-bond acceptors (Lipinski definition) is 5. The molecule has 6 nitrogen and oxygen atoms in total. The van der Waals surface area contributed by atoms with Gasteiger partial charge in [-0.3, -0.25) is 9.38 Å². The first-order valence-electron chi connectivity index (χ1n) is 8.65. The van der Waals surface area contributed by atoms with Gasteiger partial charge in [-0.2, -0.15) is 13.2 Å². The lowest BCUT2D eigenvalue weighted by Crippen LogP contribution is -2.48. The first-order valence-corrected chi connectivity index (χ1v) is 8.65. The summed E-state index contributed by atoms with van der Waals surface area (Å²) < 4.78 is 41.7. The minimum absolute atomic E-state index is 0.0599. The zero-order valence-electron chi connectivity index (χ0n) is 14.7. The van der Waals surface area contributed by atoms with Crippen molar-refractivity contribution in [2.75, 3.05) is 18.0 Å². The summed E-state index contributed by atoms with van der Waals surface area (Å²) >= 11 is 0. The number of pyridine rings is 1. The van der Waals surface area contributed by atoms with E-state index in [-0.39, 0.29) is 16.9 Å². The van der Waals surface area contributed by atoms with Crippen molar-refractivity contribution >= 4 is 11.3 Å². The Kier molecular flexibility index (Phi) is 4.06. The van der Waals surface area contributed by atoms with E-state index in [1.807, 2.05) is 6.92 Å². The standard InChI is InChI=1S/C18H19F3N6/c1-17(22)4-8-26(9-5-17)16-13-11-25-15(27(13)10-7-24-16)12-3-2-6-23-14(12)18(19,20)21/h2-3,6-7,10-11H,4-5,8-9,22H2,1H3. The highest BCUT2D eigenvalue weighted by Crippen LogP contribution is 2.36. The van der Waals surface area contributed by atoms with Crippen molar-refractivity contribution in [2.45, 2.75) is 31.5 Å². The largest absolute Gasteiger partial charge is 0.434 e. The van der Waals surface area contributed by atoms with Crippen LogP contribution in [-0.2, 0) is 6.18 Å². The number of imidazole rings is 1. The molecule has 142 valence electrons. The fourth-order valence-electron chi connectivity index (χ4n) is 3.40. The molecule has 1 aliphatic rings. The second-order valence-electron chi connectivity index (χ2n) is 7.13. The Morgan fingerprint density at radius 1 is 1.11 bits per heavy atom. The average molecular weight is 376 g/mol. The van der Waals surface area contributed by atoms with E-state index >= 15 is 0 Å². The fourth-order valence-corrected chi connectivity index (χ4v) is 3.40. The van der Waals surface area contributed by atoms with Gasteiger partial charge in [-0.25, -0.2) is 9.97 Å². The Morgan fingerprint density at radius 2 is 1.85 bits per heavy atom. The molecule has 3 aromatic rings. The number of piperidine rings is 1. The molecule has 1 aliphatic heterocycles. The van der Waals surface area contributed by atoms with Crippen molar-refractivity contribution in [1.82, 2.24) is 19.4 Å². The third-order valence-electron chi connectivity index (χ3n) is 4.96. The van der Waals surface area contributed by atoms with Gasteiger partial charge in [0.15, 0.2) is 11.5 Å². The molecule has 4 heterocycles. The molecule has 0 spiro atoms. The highest BCUT2D eigenvalue weighted by atomic mass is 19.4. The van der Waals surface area contributed by atoms with E-state index in [1.54, 1.807) is 23.0 Å². The Labute approximate surface area is 153 Å². The van der Waals surface area contributed by atoms with Crippen molar-refractivity contribution in [3.63, 3.8) is 0 Å². The number of halogens is 3. The molecule has 1 saturated heterocycles.